The number of hydrogen-bond acceptors (Lipinski definition) is 4. The van der Waals surface area contributed by atoms with E-state index in [1.54, 1.807) is 55.5 Å². The Morgan fingerprint density at radius 1 is 1.14 bits per heavy atom. The van der Waals surface area contributed by atoms with Crippen molar-refractivity contribution in [1.29, 1.82) is 5.26 Å². The topological polar surface area (TPSA) is 103 Å². The summed E-state index contributed by atoms with van der Waals surface area (Å²) in [6, 6.07) is 16.5. The second-order valence-corrected chi connectivity index (χ2v) is 6.55. The molecule has 0 saturated heterocycles. The van der Waals surface area contributed by atoms with Gasteiger partial charge in [0, 0.05) is 22.3 Å². The van der Waals surface area contributed by atoms with E-state index in [2.05, 4.69) is 5.32 Å². The summed E-state index contributed by atoms with van der Waals surface area (Å²) in [6.45, 7) is 1.69. The highest BCUT2D eigenvalue weighted by Crippen LogP contribution is 2.28. The number of carbonyl (C=O) groups excluding carboxylic acids is 1. The van der Waals surface area contributed by atoms with E-state index in [1.807, 2.05) is 6.07 Å². The van der Waals surface area contributed by atoms with Gasteiger partial charge in [0.25, 0.3) is 5.91 Å². The first-order chi connectivity index (χ1) is 13.9. The van der Waals surface area contributed by atoms with Crippen LogP contribution in [0.5, 0.6) is 0 Å². The molecule has 2 N–H and O–H groups in total. The van der Waals surface area contributed by atoms with E-state index in [1.165, 1.54) is 12.1 Å². The maximum atomic E-state index is 12.3. The molecule has 0 atom stereocenters. The number of halogens is 1. The Kier molecular flexibility index (Phi) is 5.82. The van der Waals surface area contributed by atoms with Gasteiger partial charge in [0.2, 0.25) is 0 Å². The van der Waals surface area contributed by atoms with Gasteiger partial charge >= 0.3 is 5.97 Å². The molecule has 0 fully saturated rings. The summed E-state index contributed by atoms with van der Waals surface area (Å²) in [5.41, 5.74) is 1.72. The number of hydrogen-bond donors (Lipinski definition) is 2. The van der Waals surface area contributed by atoms with Crippen molar-refractivity contribution in [3.8, 4) is 17.4 Å². The Labute approximate surface area is 171 Å². The third kappa shape index (κ3) is 4.54. The first-order valence-electron chi connectivity index (χ1n) is 8.51. The van der Waals surface area contributed by atoms with E-state index in [9.17, 15) is 20.0 Å². The van der Waals surface area contributed by atoms with Gasteiger partial charge in [-0.15, -0.1) is 0 Å². The molecule has 0 unspecified atom stereocenters. The molecular weight excluding hydrogens is 392 g/mol. The molecule has 0 spiro atoms. The Bertz CT molecular complexity index is 1150. The van der Waals surface area contributed by atoms with E-state index in [4.69, 9.17) is 16.0 Å². The van der Waals surface area contributed by atoms with Gasteiger partial charge in [-0.2, -0.15) is 5.26 Å². The third-order valence-corrected chi connectivity index (χ3v) is 4.46. The SMILES string of the molecule is Cc1c(C(=O)O)cccc1-c1ccc(C=C(C#N)C(=O)Nc2ccc(Cl)cc2)o1. The van der Waals surface area contributed by atoms with Crippen LogP contribution in [0.15, 0.2) is 64.6 Å². The summed E-state index contributed by atoms with van der Waals surface area (Å²) in [7, 11) is 0. The Balaban J connectivity index is 1.85. The molecule has 0 bridgehead atoms. The highest BCUT2D eigenvalue weighted by Gasteiger charge is 2.15. The lowest BCUT2D eigenvalue weighted by Crippen LogP contribution is -2.13. The van der Waals surface area contributed by atoms with Gasteiger partial charge in [-0.1, -0.05) is 23.7 Å². The monoisotopic (exact) mass is 406 g/mol. The van der Waals surface area contributed by atoms with Crippen molar-refractivity contribution in [1.82, 2.24) is 0 Å². The minimum atomic E-state index is -1.03. The average Bonchev–Trinajstić information content (AvgIpc) is 3.16. The van der Waals surface area contributed by atoms with E-state index in [-0.39, 0.29) is 11.1 Å². The van der Waals surface area contributed by atoms with Gasteiger partial charge in [-0.05, 0) is 55.0 Å². The lowest BCUT2D eigenvalue weighted by molar-refractivity contribution is -0.112. The number of carboxylic acids is 1. The quantitative estimate of drug-likeness (QED) is 0.450. The van der Waals surface area contributed by atoms with Crippen molar-refractivity contribution in [2.45, 2.75) is 6.92 Å². The van der Waals surface area contributed by atoms with Gasteiger partial charge in [0.1, 0.15) is 23.2 Å². The van der Waals surface area contributed by atoms with Crippen molar-refractivity contribution >= 4 is 35.2 Å². The van der Waals surface area contributed by atoms with E-state index in [0.29, 0.717) is 33.4 Å². The molecule has 0 radical (unpaired) electrons. The molecule has 1 amide bonds. The van der Waals surface area contributed by atoms with Crippen molar-refractivity contribution < 1.29 is 19.1 Å². The zero-order valence-corrected chi connectivity index (χ0v) is 16.0. The van der Waals surface area contributed by atoms with Crippen molar-refractivity contribution in [3.05, 3.63) is 82.1 Å². The number of aromatic carboxylic acids is 1. The van der Waals surface area contributed by atoms with Crippen LogP contribution in [-0.4, -0.2) is 17.0 Å². The maximum Gasteiger partial charge on any atom is 0.335 e. The standard InChI is InChI=1S/C22H15ClN2O4/c1-13-18(3-2-4-19(13)22(27)28)20-10-9-17(29-20)11-14(12-24)21(26)25-16-7-5-15(23)6-8-16/h2-11H,1H3,(H,25,26)(H,27,28). The molecule has 1 heterocycles. The summed E-state index contributed by atoms with van der Waals surface area (Å²) in [5, 5.41) is 21.7. The van der Waals surface area contributed by atoms with Crippen LogP contribution in [0.2, 0.25) is 5.02 Å². The molecule has 0 saturated carbocycles. The number of nitrogens with zero attached hydrogens (tertiary/aromatic N) is 1. The minimum absolute atomic E-state index is 0.142. The van der Waals surface area contributed by atoms with Gasteiger partial charge in [-0.3, -0.25) is 4.79 Å². The molecule has 3 rings (SSSR count). The largest absolute Gasteiger partial charge is 0.478 e. The van der Waals surface area contributed by atoms with Crippen LogP contribution in [0.25, 0.3) is 17.4 Å². The molecule has 3 aromatic rings. The molecule has 0 aliphatic heterocycles. The molecule has 2 aromatic carbocycles. The van der Waals surface area contributed by atoms with Crippen LogP contribution in [-0.2, 0) is 4.79 Å². The van der Waals surface area contributed by atoms with Gasteiger partial charge in [0.05, 0.1) is 5.56 Å². The number of rotatable bonds is 5. The number of benzene rings is 2. The van der Waals surface area contributed by atoms with Crippen molar-refractivity contribution in [2.75, 3.05) is 5.32 Å². The number of carbonyl (C=O) groups is 2. The van der Waals surface area contributed by atoms with Crippen molar-refractivity contribution in [2.24, 2.45) is 0 Å². The number of amides is 1. The number of nitriles is 1. The molecule has 7 heteroatoms. The number of furan rings is 1. The average molecular weight is 407 g/mol. The minimum Gasteiger partial charge on any atom is -0.478 e. The summed E-state index contributed by atoms with van der Waals surface area (Å²) in [4.78, 5) is 23.7. The maximum absolute atomic E-state index is 12.3. The fraction of sp³-hybridized carbons (Fsp3) is 0.0455. The molecule has 29 heavy (non-hydrogen) atoms. The predicted octanol–water partition coefficient (Wildman–Crippen LogP) is 5.15. The number of anilines is 1. The second-order valence-electron chi connectivity index (χ2n) is 6.12. The van der Waals surface area contributed by atoms with Crippen LogP contribution < -0.4 is 5.32 Å². The van der Waals surface area contributed by atoms with Crippen LogP contribution in [0.1, 0.15) is 21.7 Å². The fourth-order valence-corrected chi connectivity index (χ4v) is 2.86. The fourth-order valence-electron chi connectivity index (χ4n) is 2.73. The van der Waals surface area contributed by atoms with Crippen LogP contribution in [0.4, 0.5) is 5.69 Å². The van der Waals surface area contributed by atoms with Crippen LogP contribution in [0.3, 0.4) is 0 Å². The molecule has 0 aliphatic rings. The predicted molar refractivity (Wildman–Crippen MR) is 110 cm³/mol. The Hall–Kier alpha value is -3.82. The molecule has 1 aromatic heterocycles. The normalized spacial score (nSPS) is 11.0. The van der Waals surface area contributed by atoms with Gasteiger partial charge in [0.15, 0.2) is 0 Å². The summed E-state index contributed by atoms with van der Waals surface area (Å²) in [5.74, 6) is -0.881. The summed E-state index contributed by atoms with van der Waals surface area (Å²) in [6.07, 6.45) is 1.32. The molecule has 0 aliphatic carbocycles. The van der Waals surface area contributed by atoms with Crippen LogP contribution >= 0.6 is 11.6 Å². The lowest BCUT2D eigenvalue weighted by atomic mass is 10.0. The summed E-state index contributed by atoms with van der Waals surface area (Å²) < 4.78 is 5.72. The highest BCUT2D eigenvalue weighted by atomic mass is 35.5. The first kappa shape index (κ1) is 19.9. The van der Waals surface area contributed by atoms with E-state index in [0.717, 1.165) is 0 Å². The molecular formula is C22H15ClN2O4. The van der Waals surface area contributed by atoms with Gasteiger partial charge in [-0.25, -0.2) is 4.79 Å². The third-order valence-electron chi connectivity index (χ3n) is 4.21. The van der Waals surface area contributed by atoms with Crippen LogP contribution in [0, 0.1) is 18.3 Å². The molecule has 6 nitrogen and oxygen atoms in total. The highest BCUT2D eigenvalue weighted by molar-refractivity contribution is 6.30. The summed E-state index contributed by atoms with van der Waals surface area (Å²) >= 11 is 5.81. The smallest absolute Gasteiger partial charge is 0.335 e. The van der Waals surface area contributed by atoms with Gasteiger partial charge < -0.3 is 14.8 Å². The second kappa shape index (κ2) is 8.46. The molecule has 144 valence electrons. The van der Waals surface area contributed by atoms with E-state index < -0.39 is 11.9 Å². The number of nitrogens with one attached hydrogen (secondary N) is 1. The Morgan fingerprint density at radius 2 is 1.86 bits per heavy atom. The zero-order valence-electron chi connectivity index (χ0n) is 15.3. The number of carboxylic acid groups (broad SMARTS) is 1. The van der Waals surface area contributed by atoms with Crippen molar-refractivity contribution in [3.63, 3.8) is 0 Å². The lowest BCUT2D eigenvalue weighted by Gasteiger charge is -2.06. The first-order valence-corrected chi connectivity index (χ1v) is 8.88. The Morgan fingerprint density at radius 3 is 2.52 bits per heavy atom. The van der Waals surface area contributed by atoms with E-state index >= 15 is 0 Å². The zero-order chi connectivity index (χ0) is 21.0.